The fourth-order valence-electron chi connectivity index (χ4n) is 5.06. The van der Waals surface area contributed by atoms with Gasteiger partial charge in [-0.1, -0.05) is 6.42 Å². The van der Waals surface area contributed by atoms with Gasteiger partial charge in [0.25, 0.3) is 0 Å². The number of allylic oxidation sites excluding steroid dienone is 1. The van der Waals surface area contributed by atoms with E-state index in [1.165, 1.54) is 45.2 Å². The average molecular weight is 385 g/mol. The standard InChI is InChI=1S/C22H36N6/c1-19-7-3-4-9-26(19)13-14-28-16-15-27(22(28)21(17-23)18-24)12-6-11-25-10-5-8-20(25)2/h19-20H,3-16H2,1-2H3. The molecule has 0 aromatic carbocycles. The van der Waals surface area contributed by atoms with Gasteiger partial charge in [0, 0.05) is 51.4 Å². The van der Waals surface area contributed by atoms with Crippen LogP contribution >= 0.6 is 0 Å². The van der Waals surface area contributed by atoms with Gasteiger partial charge in [0.2, 0.25) is 0 Å². The van der Waals surface area contributed by atoms with E-state index in [0.717, 1.165) is 51.5 Å². The normalized spacial score (nSPS) is 26.5. The molecule has 0 aliphatic carbocycles. The highest BCUT2D eigenvalue weighted by Gasteiger charge is 2.29. The third-order valence-electron chi connectivity index (χ3n) is 6.85. The van der Waals surface area contributed by atoms with Gasteiger partial charge in [-0.3, -0.25) is 4.90 Å². The summed E-state index contributed by atoms with van der Waals surface area (Å²) in [5, 5.41) is 19.0. The van der Waals surface area contributed by atoms with Crippen molar-refractivity contribution >= 4 is 0 Å². The van der Waals surface area contributed by atoms with Crippen molar-refractivity contribution in [2.24, 2.45) is 0 Å². The molecule has 6 nitrogen and oxygen atoms in total. The van der Waals surface area contributed by atoms with Crippen LogP contribution in [0.3, 0.4) is 0 Å². The highest BCUT2D eigenvalue weighted by molar-refractivity contribution is 5.40. The Kier molecular flexibility index (Phi) is 7.59. The number of likely N-dealkylation sites (tertiary alicyclic amines) is 2. The lowest BCUT2D eigenvalue weighted by Gasteiger charge is -2.35. The summed E-state index contributed by atoms with van der Waals surface area (Å²) in [5.41, 5.74) is 0.277. The van der Waals surface area contributed by atoms with Crippen LogP contribution in [-0.4, -0.2) is 84.0 Å². The Morgan fingerprint density at radius 2 is 1.39 bits per heavy atom. The SMILES string of the molecule is CC1CCCN1CCCN1CCN(CCN2CCCCC2C)C1=C(C#N)C#N. The molecular formula is C22H36N6. The molecule has 0 spiro atoms. The Morgan fingerprint density at radius 3 is 2.04 bits per heavy atom. The van der Waals surface area contributed by atoms with Crippen LogP contribution in [0, 0.1) is 22.7 Å². The van der Waals surface area contributed by atoms with Gasteiger partial charge in [-0.25, -0.2) is 0 Å². The zero-order valence-corrected chi connectivity index (χ0v) is 17.7. The first-order chi connectivity index (χ1) is 13.6. The number of hydrogen-bond donors (Lipinski definition) is 0. The second-order valence-electron chi connectivity index (χ2n) is 8.66. The summed E-state index contributed by atoms with van der Waals surface area (Å²) in [6.07, 6.45) is 7.62. The van der Waals surface area contributed by atoms with Gasteiger partial charge in [0.05, 0.1) is 0 Å². The van der Waals surface area contributed by atoms with Crippen LogP contribution < -0.4 is 0 Å². The topological polar surface area (TPSA) is 60.5 Å². The Balaban J connectivity index is 1.57. The smallest absolute Gasteiger partial charge is 0.169 e. The van der Waals surface area contributed by atoms with Gasteiger partial charge in [-0.2, -0.15) is 10.5 Å². The molecule has 3 aliphatic rings. The van der Waals surface area contributed by atoms with Crippen molar-refractivity contribution in [3.63, 3.8) is 0 Å². The molecule has 154 valence electrons. The van der Waals surface area contributed by atoms with Crippen LogP contribution in [0.25, 0.3) is 0 Å². The minimum Gasteiger partial charge on any atom is -0.355 e. The van der Waals surface area contributed by atoms with Gasteiger partial charge >= 0.3 is 0 Å². The first-order valence-electron chi connectivity index (χ1n) is 11.2. The van der Waals surface area contributed by atoms with Crippen molar-refractivity contribution in [3.05, 3.63) is 11.4 Å². The molecule has 0 amide bonds. The highest BCUT2D eigenvalue weighted by Crippen LogP contribution is 2.24. The van der Waals surface area contributed by atoms with Crippen molar-refractivity contribution in [2.45, 2.75) is 64.5 Å². The molecule has 2 unspecified atom stereocenters. The van der Waals surface area contributed by atoms with Crippen molar-refractivity contribution in [1.82, 2.24) is 19.6 Å². The number of nitrogens with zero attached hydrogens (tertiary/aromatic N) is 6. The molecule has 0 N–H and O–H groups in total. The molecule has 0 aromatic heterocycles. The maximum atomic E-state index is 9.51. The number of hydrogen-bond acceptors (Lipinski definition) is 6. The third-order valence-corrected chi connectivity index (χ3v) is 6.85. The van der Waals surface area contributed by atoms with Crippen molar-refractivity contribution < 1.29 is 0 Å². The summed E-state index contributed by atoms with van der Waals surface area (Å²) >= 11 is 0. The quantitative estimate of drug-likeness (QED) is 0.629. The Morgan fingerprint density at radius 1 is 0.786 bits per heavy atom. The molecule has 28 heavy (non-hydrogen) atoms. The largest absolute Gasteiger partial charge is 0.355 e. The van der Waals surface area contributed by atoms with Crippen molar-refractivity contribution in [2.75, 3.05) is 52.4 Å². The van der Waals surface area contributed by atoms with Gasteiger partial charge in [-0.05, 0) is 59.0 Å². The first kappa shape index (κ1) is 21.0. The molecule has 3 fully saturated rings. The Labute approximate surface area is 171 Å². The highest BCUT2D eigenvalue weighted by atomic mass is 15.4. The molecule has 2 atom stereocenters. The van der Waals surface area contributed by atoms with Crippen LogP contribution in [0.2, 0.25) is 0 Å². The fraction of sp³-hybridized carbons (Fsp3) is 0.818. The van der Waals surface area contributed by atoms with Crippen molar-refractivity contribution in [1.29, 1.82) is 10.5 Å². The second kappa shape index (κ2) is 10.1. The molecule has 0 radical (unpaired) electrons. The van der Waals surface area contributed by atoms with Crippen molar-refractivity contribution in [3.8, 4) is 12.1 Å². The zero-order chi connectivity index (χ0) is 19.9. The molecule has 3 heterocycles. The average Bonchev–Trinajstić information content (AvgIpc) is 3.29. The van der Waals surface area contributed by atoms with Crippen LogP contribution in [0.1, 0.15) is 52.4 Å². The second-order valence-corrected chi connectivity index (χ2v) is 8.66. The van der Waals surface area contributed by atoms with Crippen LogP contribution in [0.15, 0.2) is 11.4 Å². The molecule has 0 bridgehead atoms. The molecule has 6 heteroatoms. The molecule has 3 rings (SSSR count). The minimum absolute atomic E-state index is 0.277. The minimum atomic E-state index is 0.277. The molecule has 3 saturated heterocycles. The van der Waals surface area contributed by atoms with E-state index in [1.54, 1.807) is 0 Å². The van der Waals surface area contributed by atoms with Crippen LogP contribution in [0.4, 0.5) is 0 Å². The van der Waals surface area contributed by atoms with Gasteiger partial charge < -0.3 is 14.7 Å². The lowest BCUT2D eigenvalue weighted by Crippen LogP contribution is -2.42. The lowest BCUT2D eigenvalue weighted by molar-refractivity contribution is 0.145. The van der Waals surface area contributed by atoms with E-state index in [-0.39, 0.29) is 5.57 Å². The maximum Gasteiger partial charge on any atom is 0.169 e. The summed E-state index contributed by atoms with van der Waals surface area (Å²) in [7, 11) is 0. The fourth-order valence-corrected chi connectivity index (χ4v) is 5.06. The maximum absolute atomic E-state index is 9.51. The van der Waals surface area contributed by atoms with Gasteiger partial charge in [0.1, 0.15) is 18.0 Å². The van der Waals surface area contributed by atoms with Crippen LogP contribution in [0.5, 0.6) is 0 Å². The van der Waals surface area contributed by atoms with E-state index in [2.05, 4.69) is 45.6 Å². The number of piperidine rings is 1. The lowest BCUT2D eigenvalue weighted by atomic mass is 10.0. The summed E-state index contributed by atoms with van der Waals surface area (Å²) < 4.78 is 0. The van der Waals surface area contributed by atoms with E-state index < -0.39 is 0 Å². The summed E-state index contributed by atoms with van der Waals surface area (Å²) in [6, 6.07) is 5.65. The van der Waals surface area contributed by atoms with E-state index in [1.807, 2.05) is 0 Å². The summed E-state index contributed by atoms with van der Waals surface area (Å²) in [6.45, 7) is 12.9. The predicted octanol–water partition coefficient (Wildman–Crippen LogP) is 2.61. The summed E-state index contributed by atoms with van der Waals surface area (Å²) in [5.74, 6) is 0.879. The Bertz CT molecular complexity index is 614. The molecule has 3 aliphatic heterocycles. The number of nitriles is 2. The zero-order valence-electron chi connectivity index (χ0n) is 17.7. The third kappa shape index (κ3) is 4.99. The number of rotatable bonds is 7. The predicted molar refractivity (Wildman–Crippen MR) is 111 cm³/mol. The van der Waals surface area contributed by atoms with E-state index >= 15 is 0 Å². The Hall–Kier alpha value is -1.76. The van der Waals surface area contributed by atoms with E-state index in [9.17, 15) is 10.5 Å². The van der Waals surface area contributed by atoms with Crippen LogP contribution in [-0.2, 0) is 0 Å². The van der Waals surface area contributed by atoms with Gasteiger partial charge in [0.15, 0.2) is 5.57 Å². The molecule has 0 aromatic rings. The molecule has 0 saturated carbocycles. The first-order valence-corrected chi connectivity index (χ1v) is 11.2. The van der Waals surface area contributed by atoms with E-state index in [0.29, 0.717) is 12.1 Å². The van der Waals surface area contributed by atoms with Gasteiger partial charge in [-0.15, -0.1) is 0 Å². The summed E-state index contributed by atoms with van der Waals surface area (Å²) in [4.78, 5) is 9.70. The monoisotopic (exact) mass is 384 g/mol. The van der Waals surface area contributed by atoms with E-state index in [4.69, 9.17) is 0 Å². The molecular weight excluding hydrogens is 348 g/mol.